The molecule has 0 saturated heterocycles. The predicted octanol–water partition coefficient (Wildman–Crippen LogP) is 6.17. The van der Waals surface area contributed by atoms with E-state index < -0.39 is 0 Å². The summed E-state index contributed by atoms with van der Waals surface area (Å²) in [5.41, 5.74) is 1.77. The van der Waals surface area contributed by atoms with Gasteiger partial charge in [-0.25, -0.2) is 0 Å². The van der Waals surface area contributed by atoms with Gasteiger partial charge in [0.1, 0.15) is 0 Å². The van der Waals surface area contributed by atoms with E-state index in [4.69, 9.17) is 34.8 Å². The fourth-order valence-electron chi connectivity index (χ4n) is 2.53. The minimum Gasteiger partial charge on any atom is -0.289 e. The van der Waals surface area contributed by atoms with Crippen molar-refractivity contribution in [2.75, 3.05) is 4.90 Å². The minimum atomic E-state index is -0.229. The van der Waals surface area contributed by atoms with Gasteiger partial charge in [-0.1, -0.05) is 65.1 Å². The Morgan fingerprint density at radius 2 is 1.46 bits per heavy atom. The van der Waals surface area contributed by atoms with E-state index in [-0.39, 0.29) is 5.78 Å². The van der Waals surface area contributed by atoms with Crippen LogP contribution in [-0.2, 0) is 4.79 Å². The molecule has 0 atom stereocenters. The molecule has 1 amide bonds. The summed E-state index contributed by atoms with van der Waals surface area (Å²) in [6.07, 6.45) is 0.627. The monoisotopic (exact) mass is 403 g/mol. The Morgan fingerprint density at radius 3 is 2.08 bits per heavy atom. The summed E-state index contributed by atoms with van der Waals surface area (Å²) in [5.74, 6) is -0.229. The lowest BCUT2D eigenvalue weighted by Gasteiger charge is -2.19. The number of amides is 1. The van der Waals surface area contributed by atoms with E-state index in [1.165, 1.54) is 4.90 Å². The van der Waals surface area contributed by atoms with Gasteiger partial charge in [-0.05, 0) is 36.4 Å². The van der Waals surface area contributed by atoms with Crippen molar-refractivity contribution in [1.82, 2.24) is 0 Å². The van der Waals surface area contributed by atoms with Crippen molar-refractivity contribution in [2.45, 2.75) is 0 Å². The molecule has 0 fully saturated rings. The molecule has 0 unspecified atom stereocenters. The van der Waals surface area contributed by atoms with Crippen molar-refractivity contribution in [3.05, 3.63) is 92.9 Å². The number of carbonyl (C=O) groups is 2. The topological polar surface area (TPSA) is 37.4 Å². The molecule has 3 nitrogen and oxygen atoms in total. The van der Waals surface area contributed by atoms with Gasteiger partial charge in [0.15, 0.2) is 5.78 Å². The SMILES string of the molecule is O=CN(c1cc(Cl)cc(Cl)c1)c1ccc(Cl)c(C(=O)c2ccccc2)c1. The molecule has 0 aliphatic heterocycles. The molecule has 0 saturated carbocycles. The molecule has 26 heavy (non-hydrogen) atoms. The molecule has 0 radical (unpaired) electrons. The highest BCUT2D eigenvalue weighted by atomic mass is 35.5. The third-order valence-electron chi connectivity index (χ3n) is 3.74. The van der Waals surface area contributed by atoms with Crippen LogP contribution in [0.25, 0.3) is 0 Å². The molecule has 0 bridgehead atoms. The Balaban J connectivity index is 2.05. The molecule has 0 heterocycles. The van der Waals surface area contributed by atoms with Gasteiger partial charge in [0.2, 0.25) is 6.41 Å². The second-order valence-electron chi connectivity index (χ2n) is 5.46. The summed E-state index contributed by atoms with van der Waals surface area (Å²) in [4.78, 5) is 25.8. The first-order valence-electron chi connectivity index (χ1n) is 7.59. The van der Waals surface area contributed by atoms with Gasteiger partial charge < -0.3 is 0 Å². The van der Waals surface area contributed by atoms with E-state index >= 15 is 0 Å². The van der Waals surface area contributed by atoms with E-state index in [1.807, 2.05) is 6.07 Å². The molecule has 3 aromatic carbocycles. The van der Waals surface area contributed by atoms with Gasteiger partial charge in [-0.3, -0.25) is 14.5 Å². The van der Waals surface area contributed by atoms with Crippen LogP contribution in [0.3, 0.4) is 0 Å². The maximum atomic E-state index is 12.7. The number of hydrogen-bond donors (Lipinski definition) is 0. The molecular formula is C20H12Cl3NO2. The Kier molecular flexibility index (Phi) is 5.62. The molecule has 3 aromatic rings. The molecule has 6 heteroatoms. The number of carbonyl (C=O) groups excluding carboxylic acids is 2. The zero-order valence-corrected chi connectivity index (χ0v) is 15.6. The van der Waals surface area contributed by atoms with Gasteiger partial charge in [-0.15, -0.1) is 0 Å². The normalized spacial score (nSPS) is 10.4. The smallest absolute Gasteiger partial charge is 0.218 e. The standard InChI is InChI=1S/C20H12Cl3NO2/c21-14-8-15(22)10-17(9-14)24(12-25)16-6-7-19(23)18(11-16)20(26)13-4-2-1-3-5-13/h1-12H. The zero-order chi connectivity index (χ0) is 18.7. The molecule has 3 rings (SSSR count). The Morgan fingerprint density at radius 1 is 0.808 bits per heavy atom. The van der Waals surface area contributed by atoms with Crippen LogP contribution in [-0.4, -0.2) is 12.2 Å². The van der Waals surface area contributed by atoms with E-state index in [2.05, 4.69) is 0 Å². The Bertz CT molecular complexity index is 954. The quantitative estimate of drug-likeness (QED) is 0.376. The van der Waals surface area contributed by atoms with Gasteiger partial charge >= 0.3 is 0 Å². The van der Waals surface area contributed by atoms with Gasteiger partial charge in [-0.2, -0.15) is 0 Å². The van der Waals surface area contributed by atoms with Crippen molar-refractivity contribution in [1.29, 1.82) is 0 Å². The lowest BCUT2D eigenvalue weighted by Crippen LogP contribution is -2.15. The third-order valence-corrected chi connectivity index (χ3v) is 4.51. The van der Waals surface area contributed by atoms with Crippen molar-refractivity contribution >= 4 is 58.4 Å². The summed E-state index contributed by atoms with van der Waals surface area (Å²) >= 11 is 18.3. The summed E-state index contributed by atoms with van der Waals surface area (Å²) in [6, 6.07) is 18.4. The second kappa shape index (κ2) is 7.92. The van der Waals surface area contributed by atoms with Gasteiger partial charge in [0.25, 0.3) is 0 Å². The Labute approximate surface area is 165 Å². The highest BCUT2D eigenvalue weighted by Crippen LogP contribution is 2.32. The lowest BCUT2D eigenvalue weighted by molar-refractivity contribution is -0.106. The van der Waals surface area contributed by atoms with Crippen LogP contribution in [0, 0.1) is 0 Å². The van der Waals surface area contributed by atoms with Crippen LogP contribution in [0.1, 0.15) is 15.9 Å². The highest BCUT2D eigenvalue weighted by Gasteiger charge is 2.17. The first-order chi connectivity index (χ1) is 12.5. The van der Waals surface area contributed by atoms with Crippen LogP contribution in [0.15, 0.2) is 66.7 Å². The van der Waals surface area contributed by atoms with Crippen LogP contribution in [0.4, 0.5) is 11.4 Å². The fourth-order valence-corrected chi connectivity index (χ4v) is 3.25. The van der Waals surface area contributed by atoms with E-state index in [0.29, 0.717) is 44.0 Å². The molecular weight excluding hydrogens is 393 g/mol. The molecule has 0 N–H and O–H groups in total. The average molecular weight is 405 g/mol. The molecule has 130 valence electrons. The molecule has 0 aromatic heterocycles. The van der Waals surface area contributed by atoms with Crippen molar-refractivity contribution < 1.29 is 9.59 Å². The number of hydrogen-bond acceptors (Lipinski definition) is 2. The Hall–Kier alpha value is -2.33. The number of ketones is 1. The average Bonchev–Trinajstić information content (AvgIpc) is 2.63. The van der Waals surface area contributed by atoms with Crippen molar-refractivity contribution in [2.24, 2.45) is 0 Å². The number of anilines is 2. The minimum absolute atomic E-state index is 0.229. The van der Waals surface area contributed by atoms with Crippen LogP contribution in [0.2, 0.25) is 15.1 Å². The number of halogens is 3. The molecule has 0 aliphatic carbocycles. The largest absolute Gasteiger partial charge is 0.289 e. The van der Waals surface area contributed by atoms with Crippen LogP contribution in [0.5, 0.6) is 0 Å². The van der Waals surface area contributed by atoms with Crippen molar-refractivity contribution in [3.8, 4) is 0 Å². The maximum Gasteiger partial charge on any atom is 0.218 e. The van der Waals surface area contributed by atoms with Crippen molar-refractivity contribution in [3.63, 3.8) is 0 Å². The van der Waals surface area contributed by atoms with E-state index in [0.717, 1.165) is 0 Å². The van der Waals surface area contributed by atoms with E-state index in [1.54, 1.807) is 60.7 Å². The highest BCUT2D eigenvalue weighted by molar-refractivity contribution is 6.36. The first kappa shape index (κ1) is 18.5. The number of rotatable bonds is 5. The number of nitrogens with zero attached hydrogens (tertiary/aromatic N) is 1. The van der Waals surface area contributed by atoms with Gasteiger partial charge in [0, 0.05) is 26.9 Å². The number of benzene rings is 3. The first-order valence-corrected chi connectivity index (χ1v) is 8.73. The summed E-state index contributed by atoms with van der Waals surface area (Å²) in [5, 5.41) is 1.10. The van der Waals surface area contributed by atoms with Crippen LogP contribution >= 0.6 is 34.8 Å². The summed E-state index contributed by atoms with van der Waals surface area (Å²) < 4.78 is 0. The van der Waals surface area contributed by atoms with Gasteiger partial charge in [0.05, 0.1) is 10.7 Å². The summed E-state index contributed by atoms with van der Waals surface area (Å²) in [7, 11) is 0. The molecule has 0 spiro atoms. The second-order valence-corrected chi connectivity index (χ2v) is 6.74. The molecule has 0 aliphatic rings. The summed E-state index contributed by atoms with van der Waals surface area (Å²) in [6.45, 7) is 0. The third kappa shape index (κ3) is 3.91. The fraction of sp³-hybridized carbons (Fsp3) is 0. The predicted molar refractivity (Wildman–Crippen MR) is 106 cm³/mol. The zero-order valence-electron chi connectivity index (χ0n) is 13.3. The maximum absolute atomic E-state index is 12.7. The van der Waals surface area contributed by atoms with Crippen LogP contribution < -0.4 is 4.90 Å². The van der Waals surface area contributed by atoms with E-state index in [9.17, 15) is 9.59 Å². The lowest BCUT2D eigenvalue weighted by atomic mass is 10.0.